The van der Waals surface area contributed by atoms with Gasteiger partial charge in [0.05, 0.1) is 5.69 Å². The van der Waals surface area contributed by atoms with E-state index in [1.807, 2.05) is 42.5 Å². The Morgan fingerprint density at radius 1 is 0.903 bits per heavy atom. The van der Waals surface area contributed by atoms with Crippen LogP contribution in [0.5, 0.6) is 0 Å². The number of amides is 2. The number of hydrogen-bond donors (Lipinski definition) is 2. The van der Waals surface area contributed by atoms with Gasteiger partial charge in [0.2, 0.25) is 5.91 Å². The van der Waals surface area contributed by atoms with Gasteiger partial charge in [-0.05, 0) is 23.8 Å². The molecule has 1 aromatic heterocycles. The Bertz CT molecular complexity index is 1200. The maximum absolute atomic E-state index is 12.4. The van der Waals surface area contributed by atoms with Gasteiger partial charge in [0, 0.05) is 41.2 Å². The fraction of sp³-hybridized carbons (Fsp3) is 0.0800. The minimum Gasteiger partial charge on any atom is -0.348 e. The molecule has 0 aliphatic carbocycles. The molecule has 0 radical (unpaired) electrons. The topological polar surface area (TPSA) is 71.1 Å². The van der Waals surface area contributed by atoms with Crippen LogP contribution in [-0.4, -0.2) is 16.8 Å². The summed E-state index contributed by atoms with van der Waals surface area (Å²) in [4.78, 5) is 28.4. The Morgan fingerprint density at radius 2 is 1.68 bits per heavy atom. The Labute approximate surface area is 184 Å². The number of carbonyl (C=O) groups is 2. The van der Waals surface area contributed by atoms with Crippen LogP contribution in [-0.2, 0) is 11.3 Å². The molecule has 0 aliphatic heterocycles. The second kappa shape index (κ2) is 9.36. The van der Waals surface area contributed by atoms with Crippen LogP contribution in [0.2, 0.25) is 0 Å². The predicted molar refractivity (Wildman–Crippen MR) is 125 cm³/mol. The first-order valence-corrected chi connectivity index (χ1v) is 10.7. The van der Waals surface area contributed by atoms with Gasteiger partial charge < -0.3 is 10.6 Å². The highest BCUT2D eigenvalue weighted by atomic mass is 32.1. The van der Waals surface area contributed by atoms with Crippen LogP contribution in [0.1, 0.15) is 22.8 Å². The molecule has 4 aromatic rings. The van der Waals surface area contributed by atoms with Gasteiger partial charge >= 0.3 is 0 Å². The minimum absolute atomic E-state index is 0.172. The van der Waals surface area contributed by atoms with Crippen LogP contribution in [0.4, 0.5) is 5.69 Å². The van der Waals surface area contributed by atoms with Crippen molar-refractivity contribution in [2.24, 2.45) is 0 Å². The SMILES string of the molecule is CC(=O)Nc1cccc(C(=O)NCc2ccc(-c3nc(-c4ccccc4)cs3)cc2)c1. The van der Waals surface area contributed by atoms with E-state index in [0.29, 0.717) is 17.8 Å². The van der Waals surface area contributed by atoms with Gasteiger partial charge in [-0.15, -0.1) is 11.3 Å². The molecular formula is C25H21N3O2S. The summed E-state index contributed by atoms with van der Waals surface area (Å²) >= 11 is 1.61. The summed E-state index contributed by atoms with van der Waals surface area (Å²) in [7, 11) is 0. The Morgan fingerprint density at radius 3 is 2.42 bits per heavy atom. The molecule has 5 nitrogen and oxygen atoms in total. The number of nitrogens with one attached hydrogen (secondary N) is 2. The molecule has 0 fully saturated rings. The molecule has 0 spiro atoms. The van der Waals surface area contributed by atoms with E-state index in [9.17, 15) is 9.59 Å². The van der Waals surface area contributed by atoms with Crippen LogP contribution in [0.15, 0.2) is 84.2 Å². The van der Waals surface area contributed by atoms with Crippen molar-refractivity contribution in [2.75, 3.05) is 5.32 Å². The first kappa shape index (κ1) is 20.5. The Kier molecular flexibility index (Phi) is 6.19. The van der Waals surface area contributed by atoms with Gasteiger partial charge in [-0.1, -0.05) is 60.7 Å². The summed E-state index contributed by atoms with van der Waals surface area (Å²) < 4.78 is 0. The average molecular weight is 428 g/mol. The van der Waals surface area contributed by atoms with Crippen LogP contribution < -0.4 is 10.6 Å². The van der Waals surface area contributed by atoms with Gasteiger partial charge in [-0.3, -0.25) is 9.59 Å². The second-order valence-corrected chi connectivity index (χ2v) is 7.90. The molecule has 0 saturated carbocycles. The van der Waals surface area contributed by atoms with E-state index in [1.54, 1.807) is 35.6 Å². The van der Waals surface area contributed by atoms with Crippen molar-refractivity contribution in [3.8, 4) is 21.8 Å². The monoisotopic (exact) mass is 427 g/mol. The molecule has 0 saturated heterocycles. The van der Waals surface area contributed by atoms with Gasteiger partial charge in [0.1, 0.15) is 5.01 Å². The maximum Gasteiger partial charge on any atom is 0.251 e. The van der Waals surface area contributed by atoms with Gasteiger partial charge in [-0.2, -0.15) is 0 Å². The van der Waals surface area contributed by atoms with E-state index in [-0.39, 0.29) is 11.8 Å². The molecular weight excluding hydrogens is 406 g/mol. The molecule has 6 heteroatoms. The zero-order chi connectivity index (χ0) is 21.6. The van der Waals surface area contributed by atoms with E-state index in [2.05, 4.69) is 28.1 Å². The standard InChI is InChI=1S/C25H21N3O2S/c1-17(29)27-22-9-5-8-21(14-22)24(30)26-15-18-10-12-20(13-11-18)25-28-23(16-31-25)19-6-3-2-4-7-19/h2-14,16H,15H2,1H3,(H,26,30)(H,27,29). The van der Waals surface area contributed by atoms with E-state index < -0.39 is 0 Å². The predicted octanol–water partition coefficient (Wildman–Crippen LogP) is 5.37. The summed E-state index contributed by atoms with van der Waals surface area (Å²) in [5.74, 6) is -0.363. The number of anilines is 1. The molecule has 0 atom stereocenters. The third kappa shape index (κ3) is 5.24. The highest BCUT2D eigenvalue weighted by molar-refractivity contribution is 7.13. The van der Waals surface area contributed by atoms with E-state index in [1.165, 1.54) is 6.92 Å². The zero-order valence-electron chi connectivity index (χ0n) is 17.0. The molecule has 2 N–H and O–H groups in total. The smallest absolute Gasteiger partial charge is 0.251 e. The largest absolute Gasteiger partial charge is 0.348 e. The van der Waals surface area contributed by atoms with E-state index in [0.717, 1.165) is 27.4 Å². The van der Waals surface area contributed by atoms with Gasteiger partial charge in [0.15, 0.2) is 0 Å². The van der Waals surface area contributed by atoms with Crippen molar-refractivity contribution < 1.29 is 9.59 Å². The fourth-order valence-electron chi connectivity index (χ4n) is 3.14. The van der Waals surface area contributed by atoms with Crippen molar-refractivity contribution in [1.82, 2.24) is 10.3 Å². The zero-order valence-corrected chi connectivity index (χ0v) is 17.8. The molecule has 4 rings (SSSR count). The lowest BCUT2D eigenvalue weighted by atomic mass is 10.1. The molecule has 1 heterocycles. The van der Waals surface area contributed by atoms with Crippen LogP contribution in [0, 0.1) is 0 Å². The summed E-state index contributed by atoms with van der Waals surface area (Å²) in [5.41, 5.74) is 5.22. The van der Waals surface area contributed by atoms with Crippen LogP contribution >= 0.6 is 11.3 Å². The fourth-order valence-corrected chi connectivity index (χ4v) is 3.97. The summed E-state index contributed by atoms with van der Waals surface area (Å²) in [6.07, 6.45) is 0. The Balaban J connectivity index is 1.39. The molecule has 0 unspecified atom stereocenters. The number of hydrogen-bond acceptors (Lipinski definition) is 4. The number of rotatable bonds is 6. The van der Waals surface area contributed by atoms with E-state index >= 15 is 0 Å². The maximum atomic E-state index is 12.4. The number of nitrogens with zero attached hydrogens (tertiary/aromatic N) is 1. The lowest BCUT2D eigenvalue weighted by Gasteiger charge is -2.08. The number of carbonyl (C=O) groups excluding carboxylic acids is 2. The van der Waals surface area contributed by atoms with Gasteiger partial charge in [0.25, 0.3) is 5.91 Å². The van der Waals surface area contributed by atoms with Crippen molar-refractivity contribution in [2.45, 2.75) is 13.5 Å². The van der Waals surface area contributed by atoms with Crippen molar-refractivity contribution in [3.63, 3.8) is 0 Å². The van der Waals surface area contributed by atoms with Crippen molar-refractivity contribution in [3.05, 3.63) is 95.4 Å². The molecule has 0 bridgehead atoms. The normalized spacial score (nSPS) is 10.5. The molecule has 154 valence electrons. The lowest BCUT2D eigenvalue weighted by Crippen LogP contribution is -2.22. The van der Waals surface area contributed by atoms with Gasteiger partial charge in [-0.25, -0.2) is 4.98 Å². The summed E-state index contributed by atoms with van der Waals surface area (Å²) in [6.45, 7) is 1.85. The average Bonchev–Trinajstić information content (AvgIpc) is 3.28. The second-order valence-electron chi connectivity index (χ2n) is 7.05. The quantitative estimate of drug-likeness (QED) is 0.435. The number of thiazole rings is 1. The Hall–Kier alpha value is -3.77. The molecule has 2 amide bonds. The van der Waals surface area contributed by atoms with Crippen molar-refractivity contribution in [1.29, 1.82) is 0 Å². The summed E-state index contributed by atoms with van der Waals surface area (Å²) in [6, 6.07) is 25.0. The molecule has 31 heavy (non-hydrogen) atoms. The van der Waals surface area contributed by atoms with Crippen LogP contribution in [0.3, 0.4) is 0 Å². The minimum atomic E-state index is -0.191. The summed E-state index contributed by atoms with van der Waals surface area (Å²) in [5, 5.41) is 8.63. The third-order valence-corrected chi connectivity index (χ3v) is 5.56. The highest BCUT2D eigenvalue weighted by Crippen LogP contribution is 2.28. The first-order valence-electron chi connectivity index (χ1n) is 9.84. The van der Waals surface area contributed by atoms with Crippen molar-refractivity contribution >= 4 is 28.8 Å². The third-order valence-electron chi connectivity index (χ3n) is 4.67. The number of aromatic nitrogens is 1. The highest BCUT2D eigenvalue weighted by Gasteiger charge is 2.09. The van der Waals surface area contributed by atoms with Crippen LogP contribution in [0.25, 0.3) is 21.8 Å². The number of benzene rings is 3. The lowest BCUT2D eigenvalue weighted by molar-refractivity contribution is -0.114. The van der Waals surface area contributed by atoms with E-state index in [4.69, 9.17) is 4.98 Å². The molecule has 0 aliphatic rings. The molecule has 3 aromatic carbocycles. The first-order chi connectivity index (χ1) is 15.1.